The van der Waals surface area contributed by atoms with E-state index in [0.717, 1.165) is 24.0 Å². The van der Waals surface area contributed by atoms with Gasteiger partial charge in [0.15, 0.2) is 0 Å². The molecule has 1 aliphatic carbocycles. The van der Waals surface area contributed by atoms with Gasteiger partial charge >= 0.3 is 0 Å². The molecular formula is C11H10Cl2N2O. The summed E-state index contributed by atoms with van der Waals surface area (Å²) in [7, 11) is 0. The maximum Gasteiger partial charge on any atom is 0.231 e. The van der Waals surface area contributed by atoms with Crippen molar-refractivity contribution in [3.8, 4) is 0 Å². The average Bonchev–Trinajstić information content (AvgIpc) is 2.67. The predicted octanol–water partition coefficient (Wildman–Crippen LogP) is 3.49. The molecule has 0 fully saturated rings. The second-order valence-corrected chi connectivity index (χ2v) is 4.58. The Labute approximate surface area is 103 Å². The Bertz CT molecular complexity index is 550. The van der Waals surface area contributed by atoms with Crippen molar-refractivity contribution in [2.24, 2.45) is 0 Å². The van der Waals surface area contributed by atoms with Crippen molar-refractivity contribution in [1.29, 1.82) is 0 Å². The van der Waals surface area contributed by atoms with Gasteiger partial charge in [-0.05, 0) is 19.3 Å². The van der Waals surface area contributed by atoms with Gasteiger partial charge in [-0.2, -0.15) is 4.98 Å². The Morgan fingerprint density at radius 3 is 2.81 bits per heavy atom. The Morgan fingerprint density at radius 2 is 2.00 bits per heavy atom. The number of aryl methyl sites for hydroxylation is 2. The second kappa shape index (κ2) is 3.90. The van der Waals surface area contributed by atoms with Crippen molar-refractivity contribution in [1.82, 2.24) is 9.97 Å². The third-order valence-electron chi connectivity index (χ3n) is 2.94. The summed E-state index contributed by atoms with van der Waals surface area (Å²) in [6, 6.07) is 0. The number of rotatable bonds is 1. The highest BCUT2D eigenvalue weighted by Gasteiger charge is 2.21. The molecule has 0 N–H and O–H groups in total. The summed E-state index contributed by atoms with van der Waals surface area (Å²) in [5.41, 5.74) is 1.77. The van der Waals surface area contributed by atoms with Crippen molar-refractivity contribution in [2.75, 3.05) is 0 Å². The largest absolute Gasteiger partial charge is 0.442 e. The first-order valence-electron chi connectivity index (χ1n) is 5.32. The van der Waals surface area contributed by atoms with Crippen LogP contribution >= 0.6 is 23.2 Å². The first-order chi connectivity index (χ1) is 7.79. The standard InChI is InChI=1S/C11H10Cl2N2O/c12-5-8-14-10(13)9-6-3-1-2-4-7(6)16-11(9)15-8/h1-5H2. The number of furan rings is 1. The van der Waals surface area contributed by atoms with Crippen LogP contribution in [0.3, 0.4) is 0 Å². The summed E-state index contributed by atoms with van der Waals surface area (Å²) in [4.78, 5) is 8.43. The van der Waals surface area contributed by atoms with E-state index in [1.54, 1.807) is 0 Å². The van der Waals surface area contributed by atoms with E-state index in [1.807, 2.05) is 0 Å². The van der Waals surface area contributed by atoms with Crippen LogP contribution in [0.1, 0.15) is 30.0 Å². The molecule has 0 bridgehead atoms. The lowest BCUT2D eigenvalue weighted by atomic mass is 9.97. The molecule has 0 radical (unpaired) electrons. The van der Waals surface area contributed by atoms with E-state index in [4.69, 9.17) is 27.6 Å². The summed E-state index contributed by atoms with van der Waals surface area (Å²) >= 11 is 11.9. The number of halogens is 2. The van der Waals surface area contributed by atoms with Crippen molar-refractivity contribution in [3.05, 3.63) is 22.3 Å². The van der Waals surface area contributed by atoms with E-state index in [2.05, 4.69) is 9.97 Å². The monoisotopic (exact) mass is 256 g/mol. The molecule has 3 rings (SSSR count). The van der Waals surface area contributed by atoms with E-state index >= 15 is 0 Å². The predicted molar refractivity (Wildman–Crippen MR) is 63.0 cm³/mol. The molecule has 5 heteroatoms. The van der Waals surface area contributed by atoms with Gasteiger partial charge in [0.2, 0.25) is 5.71 Å². The van der Waals surface area contributed by atoms with E-state index < -0.39 is 0 Å². The molecule has 3 nitrogen and oxygen atoms in total. The van der Waals surface area contributed by atoms with Crippen LogP contribution < -0.4 is 0 Å². The highest BCUT2D eigenvalue weighted by Crippen LogP contribution is 2.34. The SMILES string of the molecule is ClCc1nc(Cl)c2c3c(oc2n1)CCCC3. The minimum Gasteiger partial charge on any atom is -0.442 e. The van der Waals surface area contributed by atoms with E-state index in [9.17, 15) is 0 Å². The molecule has 2 aromatic rings. The molecule has 0 amide bonds. The fourth-order valence-electron chi connectivity index (χ4n) is 2.21. The Morgan fingerprint density at radius 1 is 1.19 bits per heavy atom. The molecule has 84 valence electrons. The first kappa shape index (κ1) is 10.4. The van der Waals surface area contributed by atoms with Gasteiger partial charge in [-0.25, -0.2) is 4.98 Å². The first-order valence-corrected chi connectivity index (χ1v) is 6.23. The number of aromatic nitrogens is 2. The molecule has 0 spiro atoms. The average molecular weight is 257 g/mol. The zero-order valence-electron chi connectivity index (χ0n) is 8.59. The number of hydrogen-bond donors (Lipinski definition) is 0. The molecule has 1 aliphatic rings. The maximum atomic E-state index is 6.15. The van der Waals surface area contributed by atoms with Gasteiger partial charge in [-0.1, -0.05) is 11.6 Å². The summed E-state index contributed by atoms with van der Waals surface area (Å²) in [6.07, 6.45) is 4.32. The fraction of sp³-hybridized carbons (Fsp3) is 0.455. The Kier molecular flexibility index (Phi) is 2.52. The summed E-state index contributed by atoms with van der Waals surface area (Å²) in [6.45, 7) is 0. The van der Waals surface area contributed by atoms with Crippen LogP contribution in [-0.2, 0) is 18.7 Å². The van der Waals surface area contributed by atoms with Gasteiger partial charge in [0.25, 0.3) is 0 Å². The van der Waals surface area contributed by atoms with E-state index in [1.165, 1.54) is 18.4 Å². The maximum absolute atomic E-state index is 6.15. The number of hydrogen-bond acceptors (Lipinski definition) is 3. The third-order valence-corrected chi connectivity index (χ3v) is 3.45. The zero-order valence-corrected chi connectivity index (χ0v) is 10.1. The van der Waals surface area contributed by atoms with Gasteiger partial charge < -0.3 is 4.42 Å². The highest BCUT2D eigenvalue weighted by molar-refractivity contribution is 6.34. The number of alkyl halides is 1. The lowest BCUT2D eigenvalue weighted by molar-refractivity contribution is 0.499. The number of fused-ring (bicyclic) bond motifs is 3. The van der Waals surface area contributed by atoms with Gasteiger partial charge in [0.05, 0.1) is 11.3 Å². The molecule has 0 saturated carbocycles. The highest BCUT2D eigenvalue weighted by atomic mass is 35.5. The van der Waals surface area contributed by atoms with Crippen LogP contribution in [0.25, 0.3) is 11.1 Å². The van der Waals surface area contributed by atoms with Crippen LogP contribution in [0.2, 0.25) is 5.15 Å². The van der Waals surface area contributed by atoms with Gasteiger partial charge in [0.1, 0.15) is 16.7 Å². The lowest BCUT2D eigenvalue weighted by Crippen LogP contribution is -1.99. The molecule has 0 aliphatic heterocycles. The topological polar surface area (TPSA) is 38.9 Å². The lowest BCUT2D eigenvalue weighted by Gasteiger charge is -2.08. The Balaban J connectivity index is 2.30. The van der Waals surface area contributed by atoms with Crippen molar-refractivity contribution in [3.63, 3.8) is 0 Å². The van der Waals surface area contributed by atoms with Crippen LogP contribution in [-0.4, -0.2) is 9.97 Å². The smallest absolute Gasteiger partial charge is 0.231 e. The molecular weight excluding hydrogens is 247 g/mol. The summed E-state index contributed by atoms with van der Waals surface area (Å²) in [5, 5.41) is 1.35. The van der Waals surface area contributed by atoms with Crippen molar-refractivity contribution >= 4 is 34.3 Å². The van der Waals surface area contributed by atoms with Gasteiger partial charge in [0, 0.05) is 12.0 Å². The quantitative estimate of drug-likeness (QED) is 0.579. The Hall–Kier alpha value is -0.800. The van der Waals surface area contributed by atoms with Gasteiger partial charge in [-0.15, -0.1) is 11.6 Å². The zero-order chi connectivity index (χ0) is 11.1. The number of nitrogens with zero attached hydrogens (tertiary/aromatic N) is 2. The van der Waals surface area contributed by atoms with Crippen molar-refractivity contribution < 1.29 is 4.42 Å². The molecule has 0 unspecified atom stereocenters. The fourth-order valence-corrected chi connectivity index (χ4v) is 2.63. The molecule has 0 aromatic carbocycles. The summed E-state index contributed by atoms with van der Waals surface area (Å²) < 4.78 is 5.72. The third kappa shape index (κ3) is 1.50. The van der Waals surface area contributed by atoms with Crippen LogP contribution in [0.5, 0.6) is 0 Å². The molecule has 2 aromatic heterocycles. The molecule has 16 heavy (non-hydrogen) atoms. The van der Waals surface area contributed by atoms with Crippen LogP contribution in [0.4, 0.5) is 0 Å². The van der Waals surface area contributed by atoms with Crippen LogP contribution in [0.15, 0.2) is 4.42 Å². The minimum atomic E-state index is 0.251. The normalized spacial score (nSPS) is 15.4. The van der Waals surface area contributed by atoms with Crippen molar-refractivity contribution in [2.45, 2.75) is 31.6 Å². The minimum absolute atomic E-state index is 0.251. The second-order valence-electron chi connectivity index (χ2n) is 3.96. The van der Waals surface area contributed by atoms with E-state index in [0.29, 0.717) is 16.7 Å². The van der Waals surface area contributed by atoms with E-state index in [-0.39, 0.29) is 5.88 Å². The molecule has 0 atom stereocenters. The summed E-state index contributed by atoms with van der Waals surface area (Å²) in [5.74, 6) is 1.79. The molecule has 2 heterocycles. The van der Waals surface area contributed by atoms with Gasteiger partial charge in [-0.3, -0.25) is 0 Å². The molecule has 0 saturated heterocycles. The van der Waals surface area contributed by atoms with Crippen LogP contribution in [0, 0.1) is 0 Å².